The lowest BCUT2D eigenvalue weighted by molar-refractivity contribution is -0.141. The Morgan fingerprint density at radius 1 is 1.09 bits per heavy atom. The van der Waals surface area contributed by atoms with Gasteiger partial charge in [0.15, 0.2) is 0 Å². The molecule has 6 atom stereocenters. The minimum atomic E-state index is -4.50. The van der Waals surface area contributed by atoms with Crippen LogP contribution in [0.25, 0.3) is 22.2 Å². The van der Waals surface area contributed by atoms with E-state index < -0.39 is 25.3 Å². The van der Waals surface area contributed by atoms with Crippen molar-refractivity contribution in [2.45, 2.75) is 82.5 Å². The number of hydrogen-bond acceptors (Lipinski definition) is 7. The van der Waals surface area contributed by atoms with Crippen LogP contribution in [0.3, 0.4) is 0 Å². The van der Waals surface area contributed by atoms with Crippen LogP contribution in [0.5, 0.6) is 0 Å². The second-order valence-electron chi connectivity index (χ2n) is 12.3. The van der Waals surface area contributed by atoms with Crippen LogP contribution in [-0.4, -0.2) is 74.8 Å². The van der Waals surface area contributed by atoms with E-state index in [4.69, 9.17) is 11.6 Å². The Kier molecular flexibility index (Phi) is 8.99. The van der Waals surface area contributed by atoms with Crippen LogP contribution >= 0.6 is 11.6 Å². The number of alkyl halides is 5. The van der Waals surface area contributed by atoms with Crippen LogP contribution in [0, 0.1) is 11.8 Å². The molecule has 6 rings (SSSR count). The van der Waals surface area contributed by atoms with Crippen LogP contribution < -0.4 is 21.6 Å². The summed E-state index contributed by atoms with van der Waals surface area (Å²) in [5.41, 5.74) is 3.21. The highest BCUT2D eigenvalue weighted by atomic mass is 35.5. The highest BCUT2D eigenvalue weighted by molar-refractivity contribution is 6.31. The third-order valence-corrected chi connectivity index (χ3v) is 9.50. The van der Waals surface area contributed by atoms with Crippen LogP contribution in [0.15, 0.2) is 35.5 Å². The van der Waals surface area contributed by atoms with Gasteiger partial charge in [-0.1, -0.05) is 24.9 Å². The number of benzene rings is 1. The highest BCUT2D eigenvalue weighted by Crippen LogP contribution is 2.36. The van der Waals surface area contributed by atoms with Crippen LogP contribution in [0.2, 0.25) is 5.02 Å². The fourth-order valence-corrected chi connectivity index (χ4v) is 7.53. The second kappa shape index (κ2) is 12.6. The molecule has 15 heteroatoms. The van der Waals surface area contributed by atoms with Crippen molar-refractivity contribution >= 4 is 22.5 Å². The predicted octanol–water partition coefficient (Wildman–Crippen LogP) is 4.57. The van der Waals surface area contributed by atoms with Crippen molar-refractivity contribution in [2.75, 3.05) is 19.6 Å². The van der Waals surface area contributed by atoms with Crippen LogP contribution in [0.4, 0.5) is 22.0 Å². The lowest BCUT2D eigenvalue weighted by Crippen LogP contribution is -2.56. The van der Waals surface area contributed by atoms with Crippen molar-refractivity contribution in [3.05, 3.63) is 46.1 Å². The monoisotopic (exact) mass is 642 g/mol. The van der Waals surface area contributed by atoms with Crippen molar-refractivity contribution < 1.29 is 22.0 Å². The van der Waals surface area contributed by atoms with Gasteiger partial charge in [0.25, 0.3) is 5.56 Å². The maximum absolute atomic E-state index is 14.1. The Bertz CT molecular complexity index is 1530. The molecule has 0 saturated carbocycles. The highest BCUT2D eigenvalue weighted by Gasteiger charge is 2.45. The first-order chi connectivity index (χ1) is 21.0. The van der Waals surface area contributed by atoms with E-state index >= 15 is 0 Å². The van der Waals surface area contributed by atoms with Gasteiger partial charge in [0, 0.05) is 46.7 Å². The zero-order chi connectivity index (χ0) is 31.2. The maximum Gasteiger partial charge on any atom is 0.408 e. The van der Waals surface area contributed by atoms with Crippen molar-refractivity contribution in [1.82, 2.24) is 40.4 Å². The summed E-state index contributed by atoms with van der Waals surface area (Å²) in [4.78, 5) is 18.3. The Hall–Kier alpha value is -2.65. The van der Waals surface area contributed by atoms with Gasteiger partial charge in [-0.15, -0.1) is 0 Å². The van der Waals surface area contributed by atoms with Gasteiger partial charge in [-0.05, 0) is 62.7 Å². The van der Waals surface area contributed by atoms with Gasteiger partial charge in [-0.2, -0.15) is 32.1 Å². The zero-order valence-electron chi connectivity index (χ0n) is 24.2. The van der Waals surface area contributed by atoms with Crippen molar-refractivity contribution in [3.63, 3.8) is 0 Å². The molecule has 2 bridgehead atoms. The summed E-state index contributed by atoms with van der Waals surface area (Å²) in [6, 6.07) is 3.40. The Morgan fingerprint density at radius 3 is 2.66 bits per heavy atom. The minimum absolute atomic E-state index is 0.0309. The molecule has 3 N–H and O–H groups in total. The molecule has 0 amide bonds. The first-order valence-corrected chi connectivity index (χ1v) is 15.4. The van der Waals surface area contributed by atoms with Gasteiger partial charge < -0.3 is 10.6 Å². The number of hydrogen-bond donors (Lipinski definition) is 3. The summed E-state index contributed by atoms with van der Waals surface area (Å²) in [5, 5.41) is 12.8. The number of aromatic nitrogens is 4. The van der Waals surface area contributed by atoms with E-state index in [1.807, 2.05) is 0 Å². The maximum atomic E-state index is 14.1. The van der Waals surface area contributed by atoms with Crippen molar-refractivity contribution in [1.29, 1.82) is 0 Å². The van der Waals surface area contributed by atoms with E-state index in [9.17, 15) is 26.7 Å². The molecule has 1 aromatic carbocycles. The number of nitrogens with one attached hydrogen (secondary N) is 3. The molecule has 3 aliphatic heterocycles. The molecule has 2 aromatic heterocycles. The largest absolute Gasteiger partial charge is 0.408 e. The molecule has 5 heterocycles. The van der Waals surface area contributed by atoms with E-state index in [1.54, 1.807) is 4.57 Å². The summed E-state index contributed by atoms with van der Waals surface area (Å²) in [5.74, 6) is 0.282. The Labute approximate surface area is 256 Å². The molecular formula is C29H36ClF5N8O. The second-order valence-corrected chi connectivity index (χ2v) is 12.8. The molecule has 4 unspecified atom stereocenters. The van der Waals surface area contributed by atoms with Gasteiger partial charge in [0.1, 0.15) is 6.54 Å². The molecule has 3 fully saturated rings. The van der Waals surface area contributed by atoms with E-state index in [1.165, 1.54) is 30.7 Å². The number of piperidine rings is 1. The molecule has 0 aliphatic carbocycles. The Balaban J connectivity index is 1.35. The van der Waals surface area contributed by atoms with E-state index in [2.05, 4.69) is 33.1 Å². The summed E-state index contributed by atoms with van der Waals surface area (Å²) >= 11 is 6.30. The fourth-order valence-electron chi connectivity index (χ4n) is 7.31. The van der Waals surface area contributed by atoms with Gasteiger partial charge in [0.05, 0.1) is 29.8 Å². The average molecular weight is 643 g/mol. The lowest BCUT2D eigenvalue weighted by Gasteiger charge is -2.42. The number of nitrogens with zero attached hydrogens (tertiary/aromatic N) is 5. The molecule has 0 spiro atoms. The van der Waals surface area contributed by atoms with Crippen molar-refractivity contribution in [3.8, 4) is 11.3 Å². The normalized spacial score (nSPS) is 29.0. The molecular weight excluding hydrogens is 607 g/mol. The predicted molar refractivity (Wildman–Crippen MR) is 156 cm³/mol. The molecule has 0 radical (unpaired) electrons. The summed E-state index contributed by atoms with van der Waals surface area (Å²) in [6.07, 6.45) is 2.03. The number of fused-ring (bicyclic) bond motifs is 5. The summed E-state index contributed by atoms with van der Waals surface area (Å²) in [7, 11) is 0. The van der Waals surface area contributed by atoms with Crippen LogP contribution in [-0.2, 0) is 6.54 Å². The first-order valence-electron chi connectivity index (χ1n) is 15.1. The van der Waals surface area contributed by atoms with E-state index in [0.717, 1.165) is 29.0 Å². The van der Waals surface area contributed by atoms with Gasteiger partial charge in [0.2, 0.25) is 0 Å². The summed E-state index contributed by atoms with van der Waals surface area (Å²) < 4.78 is 70.4. The Morgan fingerprint density at radius 2 is 1.91 bits per heavy atom. The average Bonchev–Trinajstić information content (AvgIpc) is 3.57. The lowest BCUT2D eigenvalue weighted by atomic mass is 9.79. The topological polar surface area (TPSA) is 92.0 Å². The van der Waals surface area contributed by atoms with Gasteiger partial charge >= 0.3 is 12.7 Å². The summed E-state index contributed by atoms with van der Waals surface area (Å²) in [6.45, 7) is -0.0183. The molecule has 3 saturated heterocycles. The molecule has 3 aliphatic rings. The third-order valence-electron chi connectivity index (χ3n) is 9.29. The molecule has 44 heavy (non-hydrogen) atoms. The standard InChI is InChI=1S/C29H36ClF5N8O/c1-16-3-2-4-24(22-8-17(5-6-36-22)27-23(37-11-16)13-40-43(27)28(31)32)41-15-38-21(10-25(41)44)20-9-19(30)7-18-12-39-42(26(18)20)14-29(33,34)35/h7,9-10,12,15-17,22-24,27-28,36-37,40H,2-6,8,11,13-14H2,1H3/t16-,17?,22?,23?,24+,27?/m1/s1. The van der Waals surface area contributed by atoms with Gasteiger partial charge in [-0.3, -0.25) is 14.0 Å². The molecule has 240 valence electrons. The molecule has 3 aromatic rings. The van der Waals surface area contributed by atoms with E-state index in [0.29, 0.717) is 43.8 Å². The number of halogens is 6. The fraction of sp³-hybridized carbons (Fsp3) is 0.621. The minimum Gasteiger partial charge on any atom is -0.312 e. The van der Waals surface area contributed by atoms with E-state index in [-0.39, 0.29) is 51.4 Å². The smallest absolute Gasteiger partial charge is 0.312 e. The first kappa shape index (κ1) is 31.3. The quantitative estimate of drug-likeness (QED) is 0.284. The molecule has 9 nitrogen and oxygen atoms in total. The van der Waals surface area contributed by atoms with Crippen molar-refractivity contribution in [2.24, 2.45) is 11.8 Å². The third kappa shape index (κ3) is 6.50. The van der Waals surface area contributed by atoms with Gasteiger partial charge in [-0.25, -0.2) is 10.4 Å². The number of rotatable bonds is 4. The number of hydrazine groups is 1. The zero-order valence-corrected chi connectivity index (χ0v) is 25.0. The van der Waals surface area contributed by atoms with Crippen LogP contribution in [0.1, 0.15) is 45.1 Å². The SMILES string of the molecule is C[C@@H]1CCC[C@H](n2cnc(-c3cc(Cl)cc4cnn(CC(F)(F)F)c34)cc2=O)C2CC(CCN2)C2C(CNN2C(F)F)NC1.